The van der Waals surface area contributed by atoms with Gasteiger partial charge >= 0.3 is 5.97 Å². The number of phenols is 2. The van der Waals surface area contributed by atoms with E-state index in [1.165, 1.54) is 6.07 Å². The van der Waals surface area contributed by atoms with Crippen LogP contribution in [0.15, 0.2) is 17.7 Å². The van der Waals surface area contributed by atoms with Crippen LogP contribution >= 0.6 is 0 Å². The molecule has 22 heavy (non-hydrogen) atoms. The summed E-state index contributed by atoms with van der Waals surface area (Å²) in [6.45, 7) is 6.08. The van der Waals surface area contributed by atoms with E-state index in [0.717, 1.165) is 31.3 Å². The van der Waals surface area contributed by atoms with E-state index in [2.05, 4.69) is 6.92 Å². The standard InChI is InChI=1S/C18H26O4/c1-4-6-8-13-11-15(19)14(10-9-12(3)7-5-2)17(20)16(13)18(21)22/h9,11,19-20H,4-8,10H2,1-3H3,(H,21,22)/b12-9-. The van der Waals surface area contributed by atoms with Gasteiger partial charge in [0.05, 0.1) is 0 Å². The van der Waals surface area contributed by atoms with Crippen LogP contribution in [0.25, 0.3) is 0 Å². The molecule has 0 heterocycles. The Bertz CT molecular complexity index is 559. The van der Waals surface area contributed by atoms with Crippen LogP contribution in [0.1, 0.15) is 67.9 Å². The summed E-state index contributed by atoms with van der Waals surface area (Å²) in [5.41, 5.74) is 1.85. The van der Waals surface area contributed by atoms with Gasteiger partial charge in [0.2, 0.25) is 0 Å². The monoisotopic (exact) mass is 306 g/mol. The summed E-state index contributed by atoms with van der Waals surface area (Å²) in [7, 11) is 0. The maximum absolute atomic E-state index is 11.5. The number of benzene rings is 1. The molecule has 1 rings (SSSR count). The van der Waals surface area contributed by atoms with Gasteiger partial charge in [0, 0.05) is 5.56 Å². The molecule has 4 nitrogen and oxygen atoms in total. The number of hydrogen-bond donors (Lipinski definition) is 3. The summed E-state index contributed by atoms with van der Waals surface area (Å²) in [4.78, 5) is 11.5. The Hall–Kier alpha value is -1.97. The average molecular weight is 306 g/mol. The Morgan fingerprint density at radius 1 is 1.23 bits per heavy atom. The smallest absolute Gasteiger partial charge is 0.339 e. The number of carboxylic acids is 1. The quantitative estimate of drug-likeness (QED) is 0.621. The lowest BCUT2D eigenvalue weighted by Crippen LogP contribution is -2.05. The number of allylic oxidation sites excluding steroid dienone is 2. The Kier molecular flexibility index (Phi) is 6.96. The molecule has 3 N–H and O–H groups in total. The van der Waals surface area contributed by atoms with Crippen molar-refractivity contribution in [2.75, 3.05) is 0 Å². The zero-order chi connectivity index (χ0) is 16.7. The summed E-state index contributed by atoms with van der Waals surface area (Å²) < 4.78 is 0. The minimum atomic E-state index is -1.15. The van der Waals surface area contributed by atoms with E-state index in [-0.39, 0.29) is 22.6 Å². The van der Waals surface area contributed by atoms with Crippen molar-refractivity contribution in [1.29, 1.82) is 0 Å². The van der Waals surface area contributed by atoms with Gasteiger partial charge in [-0.05, 0) is 44.2 Å². The van der Waals surface area contributed by atoms with Gasteiger partial charge in [-0.1, -0.05) is 38.3 Å². The first-order valence-electron chi connectivity index (χ1n) is 7.87. The highest BCUT2D eigenvalue weighted by Gasteiger charge is 2.21. The van der Waals surface area contributed by atoms with Gasteiger partial charge in [0.1, 0.15) is 17.1 Å². The zero-order valence-corrected chi connectivity index (χ0v) is 13.6. The third kappa shape index (κ3) is 4.52. The second kappa shape index (κ2) is 8.47. The predicted octanol–water partition coefficient (Wildman–Crippen LogP) is 4.43. The molecular formula is C18H26O4. The number of carboxylic acid groups (broad SMARTS) is 1. The van der Waals surface area contributed by atoms with Crippen molar-refractivity contribution in [2.24, 2.45) is 0 Å². The van der Waals surface area contributed by atoms with Crippen molar-refractivity contribution in [2.45, 2.75) is 59.3 Å². The van der Waals surface area contributed by atoms with E-state index in [4.69, 9.17) is 0 Å². The molecule has 0 aliphatic rings. The summed E-state index contributed by atoms with van der Waals surface area (Å²) in [6, 6.07) is 1.48. The maximum atomic E-state index is 11.5. The predicted molar refractivity (Wildman–Crippen MR) is 87.7 cm³/mol. The van der Waals surface area contributed by atoms with Gasteiger partial charge in [-0.25, -0.2) is 4.79 Å². The fourth-order valence-electron chi connectivity index (χ4n) is 2.53. The van der Waals surface area contributed by atoms with Crippen LogP contribution in [-0.4, -0.2) is 21.3 Å². The highest BCUT2D eigenvalue weighted by atomic mass is 16.4. The molecule has 1 aromatic rings. The fourth-order valence-corrected chi connectivity index (χ4v) is 2.53. The number of rotatable bonds is 8. The molecule has 4 heteroatoms. The molecule has 0 saturated heterocycles. The van der Waals surface area contributed by atoms with Gasteiger partial charge in [-0.15, -0.1) is 0 Å². The van der Waals surface area contributed by atoms with E-state index < -0.39 is 5.97 Å². The largest absolute Gasteiger partial charge is 0.508 e. The molecule has 0 bridgehead atoms. The highest BCUT2D eigenvalue weighted by Crippen LogP contribution is 2.35. The number of hydrogen-bond acceptors (Lipinski definition) is 3. The molecule has 0 aromatic heterocycles. The van der Waals surface area contributed by atoms with E-state index in [1.54, 1.807) is 0 Å². The molecule has 122 valence electrons. The molecule has 0 unspecified atom stereocenters. The molecule has 0 aliphatic heterocycles. The lowest BCUT2D eigenvalue weighted by Gasteiger charge is -2.13. The molecule has 0 saturated carbocycles. The topological polar surface area (TPSA) is 77.8 Å². The van der Waals surface area contributed by atoms with E-state index >= 15 is 0 Å². The normalized spacial score (nSPS) is 11.7. The first-order valence-corrected chi connectivity index (χ1v) is 7.87. The lowest BCUT2D eigenvalue weighted by atomic mass is 9.95. The molecule has 0 spiro atoms. The van der Waals surface area contributed by atoms with Gasteiger partial charge in [-0.2, -0.15) is 0 Å². The van der Waals surface area contributed by atoms with Crippen molar-refractivity contribution < 1.29 is 20.1 Å². The molecule has 0 atom stereocenters. The number of aryl methyl sites for hydroxylation is 1. The van der Waals surface area contributed by atoms with Gasteiger partial charge in [0.25, 0.3) is 0 Å². The summed E-state index contributed by atoms with van der Waals surface area (Å²) in [5.74, 6) is -1.49. The molecule has 0 fully saturated rings. The SMILES string of the molecule is CCCCc1cc(O)c(C/C=C(/C)CCC)c(O)c1C(=O)O. The number of aromatic hydroxyl groups is 2. The van der Waals surface area contributed by atoms with Crippen LogP contribution in [0.5, 0.6) is 11.5 Å². The van der Waals surface area contributed by atoms with Crippen molar-refractivity contribution >= 4 is 5.97 Å². The van der Waals surface area contributed by atoms with Crippen LogP contribution in [0.4, 0.5) is 0 Å². The van der Waals surface area contributed by atoms with Gasteiger partial charge < -0.3 is 15.3 Å². The molecule has 1 aromatic carbocycles. The van der Waals surface area contributed by atoms with E-state index in [9.17, 15) is 20.1 Å². The highest BCUT2D eigenvalue weighted by molar-refractivity contribution is 5.93. The Labute approximate surface area is 132 Å². The zero-order valence-electron chi connectivity index (χ0n) is 13.6. The first-order chi connectivity index (χ1) is 10.4. The van der Waals surface area contributed by atoms with E-state index in [1.807, 2.05) is 19.9 Å². The van der Waals surface area contributed by atoms with Crippen LogP contribution in [0.3, 0.4) is 0 Å². The Morgan fingerprint density at radius 3 is 2.45 bits per heavy atom. The van der Waals surface area contributed by atoms with Crippen molar-refractivity contribution in [3.63, 3.8) is 0 Å². The number of phenolic OH excluding ortho intramolecular Hbond substituents is 1. The van der Waals surface area contributed by atoms with Crippen molar-refractivity contribution in [1.82, 2.24) is 0 Å². The number of aromatic carboxylic acids is 1. The lowest BCUT2D eigenvalue weighted by molar-refractivity contribution is 0.0692. The summed E-state index contributed by atoms with van der Waals surface area (Å²) in [6.07, 6.45) is 6.49. The average Bonchev–Trinajstić information content (AvgIpc) is 2.44. The minimum absolute atomic E-state index is 0.0332. The minimum Gasteiger partial charge on any atom is -0.508 e. The number of unbranched alkanes of at least 4 members (excludes halogenated alkanes) is 1. The third-order valence-corrected chi connectivity index (χ3v) is 3.78. The van der Waals surface area contributed by atoms with E-state index in [0.29, 0.717) is 18.4 Å². The van der Waals surface area contributed by atoms with Crippen LogP contribution in [0, 0.1) is 0 Å². The van der Waals surface area contributed by atoms with Gasteiger partial charge in [0.15, 0.2) is 0 Å². The number of carbonyl (C=O) groups is 1. The molecule has 0 amide bonds. The second-order valence-corrected chi connectivity index (χ2v) is 5.67. The third-order valence-electron chi connectivity index (χ3n) is 3.78. The maximum Gasteiger partial charge on any atom is 0.339 e. The molecule has 0 radical (unpaired) electrons. The van der Waals surface area contributed by atoms with Crippen molar-refractivity contribution in [3.05, 3.63) is 34.4 Å². The van der Waals surface area contributed by atoms with Crippen LogP contribution in [-0.2, 0) is 12.8 Å². The van der Waals surface area contributed by atoms with Gasteiger partial charge in [-0.3, -0.25) is 0 Å². The Morgan fingerprint density at radius 2 is 1.91 bits per heavy atom. The van der Waals surface area contributed by atoms with Crippen LogP contribution in [0.2, 0.25) is 0 Å². The van der Waals surface area contributed by atoms with Crippen LogP contribution < -0.4 is 0 Å². The summed E-state index contributed by atoms with van der Waals surface area (Å²) in [5, 5.41) is 29.8. The fraction of sp³-hybridized carbons (Fsp3) is 0.500. The second-order valence-electron chi connectivity index (χ2n) is 5.67. The Balaban J connectivity index is 3.22. The van der Waals surface area contributed by atoms with Crippen molar-refractivity contribution in [3.8, 4) is 11.5 Å². The molecule has 0 aliphatic carbocycles. The molecular weight excluding hydrogens is 280 g/mol. The summed E-state index contributed by atoms with van der Waals surface area (Å²) >= 11 is 0. The first kappa shape index (κ1) is 18.1.